The highest BCUT2D eigenvalue weighted by atomic mass is 16.4. The summed E-state index contributed by atoms with van der Waals surface area (Å²) in [6, 6.07) is 0. The van der Waals surface area contributed by atoms with E-state index in [0.717, 1.165) is 12.8 Å². The lowest BCUT2D eigenvalue weighted by Crippen LogP contribution is -2.31. The molecule has 0 radical (unpaired) electrons. The maximum Gasteiger partial charge on any atom is 0.310 e. The van der Waals surface area contributed by atoms with E-state index >= 15 is 0 Å². The number of aliphatic carboxylic acids is 1. The minimum absolute atomic E-state index is 0.0795. The summed E-state index contributed by atoms with van der Waals surface area (Å²) in [4.78, 5) is 11.1. The van der Waals surface area contributed by atoms with Crippen LogP contribution >= 0.6 is 0 Å². The average molecular weight is 200 g/mol. The number of aliphatic hydroxyl groups excluding tert-OH is 1. The second kappa shape index (κ2) is 6.60. The highest BCUT2D eigenvalue weighted by Gasteiger charge is 2.35. The van der Waals surface area contributed by atoms with Crippen molar-refractivity contribution in [2.75, 3.05) is 6.61 Å². The average Bonchev–Trinajstić information content (AvgIpc) is 2.14. The van der Waals surface area contributed by atoms with Crippen LogP contribution in [0.5, 0.6) is 0 Å². The molecule has 0 aliphatic carbocycles. The van der Waals surface area contributed by atoms with Crippen LogP contribution in [0.2, 0.25) is 0 Å². The molecule has 0 saturated carbocycles. The molecule has 1 unspecified atom stereocenters. The van der Waals surface area contributed by atoms with Crippen LogP contribution < -0.4 is 0 Å². The van der Waals surface area contributed by atoms with Gasteiger partial charge in [-0.3, -0.25) is 4.79 Å². The Morgan fingerprint density at radius 1 is 1.50 bits per heavy atom. The van der Waals surface area contributed by atoms with Crippen LogP contribution in [0.25, 0.3) is 0 Å². The quantitative estimate of drug-likeness (QED) is 0.590. The number of unbranched alkanes of at least 4 members (excludes halogenated alkanes) is 1. The summed E-state index contributed by atoms with van der Waals surface area (Å²) in [5.74, 6) is -0.820. The smallest absolute Gasteiger partial charge is 0.310 e. The molecule has 0 aliphatic rings. The van der Waals surface area contributed by atoms with E-state index in [0.29, 0.717) is 19.3 Å². The Morgan fingerprint density at radius 3 is 2.50 bits per heavy atom. The van der Waals surface area contributed by atoms with Crippen LogP contribution in [-0.4, -0.2) is 22.8 Å². The van der Waals surface area contributed by atoms with Gasteiger partial charge in [-0.2, -0.15) is 0 Å². The van der Waals surface area contributed by atoms with Crippen molar-refractivity contribution in [2.24, 2.45) is 5.41 Å². The van der Waals surface area contributed by atoms with Gasteiger partial charge in [0.15, 0.2) is 0 Å². The summed E-state index contributed by atoms with van der Waals surface area (Å²) >= 11 is 0. The third-order valence-corrected chi connectivity index (χ3v) is 2.59. The van der Waals surface area contributed by atoms with Crippen LogP contribution in [0.3, 0.4) is 0 Å². The van der Waals surface area contributed by atoms with Crippen LogP contribution in [0.15, 0.2) is 12.7 Å². The Labute approximate surface area is 85.4 Å². The Balaban J connectivity index is 4.54. The fourth-order valence-electron chi connectivity index (χ4n) is 1.64. The van der Waals surface area contributed by atoms with Gasteiger partial charge in [-0.05, 0) is 19.3 Å². The molecule has 2 N–H and O–H groups in total. The highest BCUT2D eigenvalue weighted by molar-refractivity contribution is 5.74. The van der Waals surface area contributed by atoms with Crippen molar-refractivity contribution in [3.8, 4) is 0 Å². The topological polar surface area (TPSA) is 57.5 Å². The molecule has 0 heterocycles. The first-order valence-corrected chi connectivity index (χ1v) is 5.08. The van der Waals surface area contributed by atoms with Gasteiger partial charge in [0.1, 0.15) is 0 Å². The molecule has 0 aromatic carbocycles. The Kier molecular flexibility index (Phi) is 6.21. The normalized spacial score (nSPS) is 14.7. The molecule has 0 spiro atoms. The van der Waals surface area contributed by atoms with Crippen molar-refractivity contribution < 1.29 is 15.0 Å². The van der Waals surface area contributed by atoms with E-state index in [2.05, 4.69) is 6.58 Å². The zero-order chi connectivity index (χ0) is 11.0. The predicted octanol–water partition coefficient (Wildman–Crippen LogP) is 2.21. The molecule has 0 saturated heterocycles. The lowest BCUT2D eigenvalue weighted by atomic mass is 9.77. The first-order valence-electron chi connectivity index (χ1n) is 5.08. The molecule has 0 aromatic heterocycles. The van der Waals surface area contributed by atoms with Crippen LogP contribution in [0.1, 0.15) is 39.0 Å². The maximum atomic E-state index is 11.1. The minimum atomic E-state index is -0.820. The van der Waals surface area contributed by atoms with Crippen LogP contribution in [-0.2, 0) is 4.79 Å². The number of carboxylic acid groups (broad SMARTS) is 1. The predicted molar refractivity (Wildman–Crippen MR) is 56.1 cm³/mol. The molecular weight excluding hydrogens is 180 g/mol. The SMILES string of the molecule is C=CCC(CCO)(CCCC)C(=O)O. The second-order valence-corrected chi connectivity index (χ2v) is 3.66. The molecule has 82 valence electrons. The molecule has 0 rings (SSSR count). The van der Waals surface area contributed by atoms with E-state index in [1.807, 2.05) is 6.92 Å². The van der Waals surface area contributed by atoms with E-state index in [1.165, 1.54) is 0 Å². The number of aliphatic hydroxyl groups is 1. The zero-order valence-electron chi connectivity index (χ0n) is 8.83. The Bertz CT molecular complexity index is 189. The van der Waals surface area contributed by atoms with E-state index in [1.54, 1.807) is 6.08 Å². The van der Waals surface area contributed by atoms with E-state index in [-0.39, 0.29) is 6.61 Å². The molecule has 3 heteroatoms. The molecule has 0 aromatic rings. The summed E-state index contributed by atoms with van der Waals surface area (Å²) in [7, 11) is 0. The molecule has 0 aliphatic heterocycles. The van der Waals surface area contributed by atoms with Crippen molar-refractivity contribution in [1.29, 1.82) is 0 Å². The van der Waals surface area contributed by atoms with E-state index in [4.69, 9.17) is 10.2 Å². The van der Waals surface area contributed by atoms with Gasteiger partial charge in [0.25, 0.3) is 0 Å². The standard InChI is InChI=1S/C11H20O3/c1-3-5-7-11(6-4-2,8-9-12)10(13)14/h4,12H,2-3,5-9H2,1H3,(H,13,14). The lowest BCUT2D eigenvalue weighted by Gasteiger charge is -2.27. The first kappa shape index (κ1) is 13.2. The fraction of sp³-hybridized carbons (Fsp3) is 0.727. The highest BCUT2D eigenvalue weighted by Crippen LogP contribution is 2.33. The van der Waals surface area contributed by atoms with Crippen molar-refractivity contribution in [2.45, 2.75) is 39.0 Å². The number of hydrogen-bond donors (Lipinski definition) is 2. The Morgan fingerprint density at radius 2 is 2.14 bits per heavy atom. The number of carbonyl (C=O) groups is 1. The summed E-state index contributed by atoms with van der Waals surface area (Å²) in [6.07, 6.45) is 4.83. The minimum Gasteiger partial charge on any atom is -0.481 e. The molecule has 0 bridgehead atoms. The summed E-state index contributed by atoms with van der Waals surface area (Å²) < 4.78 is 0. The number of allylic oxidation sites excluding steroid dienone is 1. The fourth-order valence-corrected chi connectivity index (χ4v) is 1.64. The van der Waals surface area contributed by atoms with Crippen molar-refractivity contribution in [1.82, 2.24) is 0 Å². The van der Waals surface area contributed by atoms with E-state index in [9.17, 15) is 4.79 Å². The monoisotopic (exact) mass is 200 g/mol. The van der Waals surface area contributed by atoms with Gasteiger partial charge in [-0.25, -0.2) is 0 Å². The lowest BCUT2D eigenvalue weighted by molar-refractivity contribution is -0.150. The van der Waals surface area contributed by atoms with Gasteiger partial charge in [-0.1, -0.05) is 25.8 Å². The molecule has 1 atom stereocenters. The van der Waals surface area contributed by atoms with Crippen LogP contribution in [0.4, 0.5) is 0 Å². The van der Waals surface area contributed by atoms with Gasteiger partial charge < -0.3 is 10.2 Å². The van der Waals surface area contributed by atoms with Gasteiger partial charge in [-0.15, -0.1) is 6.58 Å². The van der Waals surface area contributed by atoms with Crippen molar-refractivity contribution in [3.05, 3.63) is 12.7 Å². The summed E-state index contributed by atoms with van der Waals surface area (Å²) in [5.41, 5.74) is -0.799. The van der Waals surface area contributed by atoms with Crippen molar-refractivity contribution in [3.63, 3.8) is 0 Å². The molecule has 3 nitrogen and oxygen atoms in total. The van der Waals surface area contributed by atoms with E-state index < -0.39 is 11.4 Å². The summed E-state index contributed by atoms with van der Waals surface area (Å²) in [6.45, 7) is 5.52. The molecular formula is C11H20O3. The molecule has 0 fully saturated rings. The van der Waals surface area contributed by atoms with Crippen molar-refractivity contribution >= 4 is 5.97 Å². The zero-order valence-corrected chi connectivity index (χ0v) is 8.83. The van der Waals surface area contributed by atoms with Gasteiger partial charge in [0.2, 0.25) is 0 Å². The maximum absolute atomic E-state index is 11.1. The first-order chi connectivity index (χ1) is 6.63. The largest absolute Gasteiger partial charge is 0.481 e. The second-order valence-electron chi connectivity index (χ2n) is 3.66. The van der Waals surface area contributed by atoms with Gasteiger partial charge in [0.05, 0.1) is 5.41 Å². The van der Waals surface area contributed by atoms with Gasteiger partial charge in [0, 0.05) is 6.61 Å². The Hall–Kier alpha value is -0.830. The number of carboxylic acids is 1. The van der Waals surface area contributed by atoms with Crippen LogP contribution in [0, 0.1) is 5.41 Å². The molecule has 0 amide bonds. The number of hydrogen-bond acceptors (Lipinski definition) is 2. The summed E-state index contributed by atoms with van der Waals surface area (Å²) in [5, 5.41) is 18.0. The number of rotatable bonds is 8. The van der Waals surface area contributed by atoms with Gasteiger partial charge >= 0.3 is 5.97 Å². The third-order valence-electron chi connectivity index (χ3n) is 2.59. The third kappa shape index (κ3) is 3.50. The molecule has 14 heavy (non-hydrogen) atoms.